The van der Waals surface area contributed by atoms with Gasteiger partial charge in [0.05, 0.1) is 10.7 Å². The maximum absolute atomic E-state index is 13.0. The lowest BCUT2D eigenvalue weighted by Crippen LogP contribution is -2.48. The Morgan fingerprint density at radius 1 is 0.944 bits per heavy atom. The van der Waals surface area contributed by atoms with Gasteiger partial charge in [-0.05, 0) is 110 Å². The van der Waals surface area contributed by atoms with Gasteiger partial charge in [-0.2, -0.15) is 0 Å². The van der Waals surface area contributed by atoms with Crippen molar-refractivity contribution in [3.05, 3.63) is 82.5 Å². The van der Waals surface area contributed by atoms with Crippen LogP contribution in [0.25, 0.3) is 0 Å². The number of halogens is 1. The third-order valence-corrected chi connectivity index (χ3v) is 8.61. The van der Waals surface area contributed by atoms with E-state index in [9.17, 15) is 14.7 Å². The number of amides is 1. The first-order chi connectivity index (χ1) is 17.4. The molecule has 7 heteroatoms. The minimum Gasteiger partial charge on any atom is -0.478 e. The number of carboxylic acids is 1. The van der Waals surface area contributed by atoms with Crippen LogP contribution in [0.4, 0.5) is 17.2 Å². The van der Waals surface area contributed by atoms with Crippen molar-refractivity contribution in [3.63, 3.8) is 0 Å². The lowest BCUT2D eigenvalue weighted by Gasteiger charge is -2.57. The monoisotopic (exact) mass is 501 g/mol. The number of hydrogen-bond acceptors (Lipinski definition) is 4. The summed E-state index contributed by atoms with van der Waals surface area (Å²) in [7, 11) is 0. The molecule has 3 N–H and O–H groups in total. The number of carbonyl (C=O) groups is 2. The summed E-state index contributed by atoms with van der Waals surface area (Å²) in [6.07, 6.45) is 9.50. The zero-order valence-electron chi connectivity index (χ0n) is 19.8. The van der Waals surface area contributed by atoms with Gasteiger partial charge < -0.3 is 15.7 Å². The highest BCUT2D eigenvalue weighted by Gasteiger charge is 2.51. The third-order valence-electron chi connectivity index (χ3n) is 8.29. The number of rotatable bonds is 6. The van der Waals surface area contributed by atoms with Gasteiger partial charge in [0.2, 0.25) is 0 Å². The van der Waals surface area contributed by atoms with Gasteiger partial charge in [0, 0.05) is 17.4 Å². The first-order valence-corrected chi connectivity index (χ1v) is 12.9. The van der Waals surface area contributed by atoms with Gasteiger partial charge in [0.1, 0.15) is 11.4 Å². The fraction of sp³-hybridized carbons (Fsp3) is 0.345. The molecule has 4 saturated carbocycles. The van der Waals surface area contributed by atoms with Crippen LogP contribution in [0.1, 0.15) is 64.8 Å². The predicted molar refractivity (Wildman–Crippen MR) is 140 cm³/mol. The molecule has 3 aromatic rings. The average Bonchev–Trinajstić information content (AvgIpc) is 2.85. The zero-order chi connectivity index (χ0) is 24.9. The van der Waals surface area contributed by atoms with E-state index in [-0.39, 0.29) is 22.7 Å². The van der Waals surface area contributed by atoms with Crippen molar-refractivity contribution in [2.75, 3.05) is 10.6 Å². The number of benzene rings is 2. The largest absolute Gasteiger partial charge is 0.478 e. The van der Waals surface area contributed by atoms with Crippen LogP contribution >= 0.6 is 11.6 Å². The number of anilines is 3. The molecule has 4 aliphatic carbocycles. The van der Waals surface area contributed by atoms with Gasteiger partial charge in [-0.25, -0.2) is 9.78 Å². The van der Waals surface area contributed by atoms with Crippen LogP contribution in [-0.2, 0) is 5.41 Å². The molecule has 0 aliphatic heterocycles. The van der Waals surface area contributed by atoms with E-state index in [1.54, 1.807) is 30.3 Å². The van der Waals surface area contributed by atoms with E-state index in [0.29, 0.717) is 22.0 Å². The second-order valence-corrected chi connectivity index (χ2v) is 11.2. The molecule has 2 aromatic carbocycles. The van der Waals surface area contributed by atoms with Gasteiger partial charge in [-0.15, -0.1) is 0 Å². The normalized spacial score (nSPS) is 26.0. The second-order valence-electron chi connectivity index (χ2n) is 10.8. The quantitative estimate of drug-likeness (QED) is 0.342. The fourth-order valence-electron chi connectivity index (χ4n) is 7.16. The van der Waals surface area contributed by atoms with E-state index >= 15 is 0 Å². The molecule has 36 heavy (non-hydrogen) atoms. The lowest BCUT2D eigenvalue weighted by molar-refractivity contribution is -0.00518. The SMILES string of the molecule is O=C(Nc1ccc(C23CC4CC(CC(C4)C2)C3)cc1Cl)c1cccc(Nc2ncccc2C(=O)O)c1. The molecule has 1 amide bonds. The van der Waals surface area contributed by atoms with Crippen LogP contribution in [0.2, 0.25) is 5.02 Å². The highest BCUT2D eigenvalue weighted by Crippen LogP contribution is 2.61. The zero-order valence-corrected chi connectivity index (χ0v) is 20.6. The van der Waals surface area contributed by atoms with Gasteiger partial charge in [-0.3, -0.25) is 4.79 Å². The van der Waals surface area contributed by atoms with Crippen molar-refractivity contribution < 1.29 is 14.7 Å². The fourth-order valence-corrected chi connectivity index (χ4v) is 7.39. The number of hydrogen-bond donors (Lipinski definition) is 3. The molecule has 1 heterocycles. The maximum atomic E-state index is 13.0. The second kappa shape index (κ2) is 8.93. The van der Waals surface area contributed by atoms with Crippen LogP contribution in [0.15, 0.2) is 60.8 Å². The molecule has 4 bridgehead atoms. The molecule has 0 radical (unpaired) electrons. The molecule has 0 spiro atoms. The van der Waals surface area contributed by atoms with Crippen molar-refractivity contribution in [3.8, 4) is 0 Å². The molecule has 6 nitrogen and oxygen atoms in total. The van der Waals surface area contributed by atoms with Gasteiger partial charge in [0.15, 0.2) is 0 Å². The highest BCUT2D eigenvalue weighted by atomic mass is 35.5. The average molecular weight is 502 g/mol. The Bertz CT molecular complexity index is 1320. The van der Waals surface area contributed by atoms with Gasteiger partial charge in [0.25, 0.3) is 5.91 Å². The molecule has 0 atom stereocenters. The number of carbonyl (C=O) groups excluding carboxylic acids is 1. The molecule has 184 valence electrons. The Labute approximate surface area is 215 Å². The molecular formula is C29H28ClN3O3. The summed E-state index contributed by atoms with van der Waals surface area (Å²) in [6, 6.07) is 16.0. The Morgan fingerprint density at radius 2 is 1.67 bits per heavy atom. The van der Waals surface area contributed by atoms with Gasteiger partial charge in [-0.1, -0.05) is 23.7 Å². The molecule has 0 saturated heterocycles. The summed E-state index contributed by atoms with van der Waals surface area (Å²) in [5.41, 5.74) is 3.20. The van der Waals surface area contributed by atoms with Crippen molar-refractivity contribution in [1.82, 2.24) is 4.98 Å². The summed E-state index contributed by atoms with van der Waals surface area (Å²) in [6.45, 7) is 0. The Kier molecular flexibility index (Phi) is 5.72. The predicted octanol–water partition coefficient (Wildman–Crippen LogP) is 6.90. The number of aromatic carboxylic acids is 1. The van der Waals surface area contributed by atoms with E-state index in [0.717, 1.165) is 17.8 Å². The van der Waals surface area contributed by atoms with E-state index in [1.807, 2.05) is 6.07 Å². The van der Waals surface area contributed by atoms with E-state index < -0.39 is 5.97 Å². The smallest absolute Gasteiger partial charge is 0.339 e. The standard InChI is InChI=1S/C29H28ClN3O3/c30-24-13-21(29-14-17-9-18(15-29)11-19(10-17)16-29)6-7-25(24)33-27(34)20-3-1-4-22(12-20)32-26-23(28(35)36)5-2-8-31-26/h1-8,12-13,17-19H,9-11,14-16H2,(H,31,32)(H,33,34)(H,35,36). The summed E-state index contributed by atoms with van der Waals surface area (Å²) < 4.78 is 0. The van der Waals surface area contributed by atoms with Crippen LogP contribution in [0.3, 0.4) is 0 Å². The van der Waals surface area contributed by atoms with Crippen LogP contribution in [-0.4, -0.2) is 22.0 Å². The molecule has 1 aromatic heterocycles. The van der Waals surface area contributed by atoms with E-state index in [2.05, 4.69) is 27.8 Å². The highest BCUT2D eigenvalue weighted by molar-refractivity contribution is 6.34. The Morgan fingerprint density at radius 3 is 2.33 bits per heavy atom. The third kappa shape index (κ3) is 4.24. The number of nitrogens with one attached hydrogen (secondary N) is 2. The van der Waals surface area contributed by atoms with Crippen LogP contribution in [0.5, 0.6) is 0 Å². The topological polar surface area (TPSA) is 91.3 Å². The van der Waals surface area contributed by atoms with Crippen LogP contribution in [0, 0.1) is 17.8 Å². The summed E-state index contributed by atoms with van der Waals surface area (Å²) in [5, 5.41) is 15.9. The minimum atomic E-state index is -1.08. The van der Waals surface area contributed by atoms with E-state index in [4.69, 9.17) is 11.6 Å². The lowest BCUT2D eigenvalue weighted by atomic mass is 9.48. The number of pyridine rings is 1. The summed E-state index contributed by atoms with van der Waals surface area (Å²) in [4.78, 5) is 28.6. The van der Waals surface area contributed by atoms with Crippen molar-refractivity contribution in [2.24, 2.45) is 17.8 Å². The van der Waals surface area contributed by atoms with Crippen molar-refractivity contribution >= 4 is 40.7 Å². The number of nitrogens with zero attached hydrogens (tertiary/aromatic N) is 1. The van der Waals surface area contributed by atoms with Crippen molar-refractivity contribution in [1.29, 1.82) is 0 Å². The van der Waals surface area contributed by atoms with E-state index in [1.165, 1.54) is 56.4 Å². The first-order valence-electron chi connectivity index (χ1n) is 12.6. The molecule has 4 aliphatic rings. The Balaban J connectivity index is 1.19. The Hall–Kier alpha value is -3.38. The molecule has 7 rings (SSSR count). The van der Waals surface area contributed by atoms with Crippen molar-refractivity contribution in [2.45, 2.75) is 43.9 Å². The minimum absolute atomic E-state index is 0.0539. The number of carboxylic acid groups (broad SMARTS) is 1. The first kappa shape index (κ1) is 23.0. The molecule has 0 unspecified atom stereocenters. The molecule has 4 fully saturated rings. The van der Waals surface area contributed by atoms with Crippen LogP contribution < -0.4 is 10.6 Å². The van der Waals surface area contributed by atoms with Gasteiger partial charge >= 0.3 is 5.97 Å². The number of aromatic nitrogens is 1. The maximum Gasteiger partial charge on any atom is 0.339 e. The summed E-state index contributed by atoms with van der Waals surface area (Å²) in [5.74, 6) is 1.41. The molecular weight excluding hydrogens is 474 g/mol. The summed E-state index contributed by atoms with van der Waals surface area (Å²) >= 11 is 6.70.